The van der Waals surface area contributed by atoms with Gasteiger partial charge in [-0.25, -0.2) is 4.79 Å². The Bertz CT molecular complexity index is 266. The summed E-state index contributed by atoms with van der Waals surface area (Å²) in [5.74, 6) is -1.28. The normalized spacial score (nSPS) is 11.7. The molecular formula is C9H15NO4. The molecule has 0 saturated carbocycles. The van der Waals surface area contributed by atoms with Crippen LogP contribution in [0.3, 0.4) is 0 Å². The highest BCUT2D eigenvalue weighted by Crippen LogP contribution is 2.08. The minimum Gasteiger partial charge on any atom is -0.510 e. The van der Waals surface area contributed by atoms with Crippen molar-refractivity contribution >= 4 is 11.9 Å². The van der Waals surface area contributed by atoms with E-state index in [0.29, 0.717) is 0 Å². The van der Waals surface area contributed by atoms with Crippen LogP contribution < -0.4 is 0 Å². The van der Waals surface area contributed by atoms with Gasteiger partial charge in [0, 0.05) is 14.0 Å². The lowest BCUT2D eigenvalue weighted by Crippen LogP contribution is -2.30. The van der Waals surface area contributed by atoms with Crippen LogP contribution in [0, 0.1) is 0 Å². The molecule has 0 aromatic carbocycles. The number of nitrogens with zero attached hydrogens (tertiary/aromatic N) is 1. The summed E-state index contributed by atoms with van der Waals surface area (Å²) >= 11 is 0. The zero-order chi connectivity index (χ0) is 11.3. The zero-order valence-corrected chi connectivity index (χ0v) is 8.83. The van der Waals surface area contributed by atoms with Gasteiger partial charge in [-0.1, -0.05) is 0 Å². The highest BCUT2D eigenvalue weighted by Gasteiger charge is 2.21. The van der Waals surface area contributed by atoms with Crippen LogP contribution in [-0.4, -0.2) is 35.5 Å². The molecule has 80 valence electrons. The second-order valence-corrected chi connectivity index (χ2v) is 2.73. The molecule has 0 fully saturated rings. The maximum Gasteiger partial charge on any atom is 0.358 e. The minimum atomic E-state index is -0.704. The monoisotopic (exact) mass is 201 g/mol. The molecule has 0 aliphatic rings. The Morgan fingerprint density at radius 1 is 1.36 bits per heavy atom. The third-order valence-electron chi connectivity index (χ3n) is 1.62. The molecule has 0 bridgehead atoms. The Hall–Kier alpha value is -1.52. The quantitative estimate of drug-likeness (QED) is 0.417. The summed E-state index contributed by atoms with van der Waals surface area (Å²) in [5, 5.41) is 9.21. The molecule has 0 saturated heterocycles. The van der Waals surface area contributed by atoms with Crippen molar-refractivity contribution in [2.45, 2.75) is 20.8 Å². The maximum absolute atomic E-state index is 11.3. The van der Waals surface area contributed by atoms with Crippen molar-refractivity contribution in [2.24, 2.45) is 0 Å². The smallest absolute Gasteiger partial charge is 0.358 e. The fourth-order valence-electron chi connectivity index (χ4n) is 0.884. The Morgan fingerprint density at radius 3 is 2.14 bits per heavy atom. The average molecular weight is 201 g/mol. The summed E-state index contributed by atoms with van der Waals surface area (Å²) in [6.07, 6.45) is 0. The predicted octanol–water partition coefficient (Wildman–Crippen LogP) is 0.817. The first-order chi connectivity index (χ1) is 6.41. The number of aliphatic hydroxyl groups is 1. The number of allylic oxidation sites excluding steroid dienone is 1. The van der Waals surface area contributed by atoms with E-state index in [9.17, 15) is 14.7 Å². The molecule has 1 amide bonds. The molecule has 0 radical (unpaired) electrons. The van der Waals surface area contributed by atoms with Gasteiger partial charge in [-0.2, -0.15) is 0 Å². The molecule has 5 heteroatoms. The third kappa shape index (κ3) is 3.08. The van der Waals surface area contributed by atoms with Gasteiger partial charge < -0.3 is 14.7 Å². The van der Waals surface area contributed by atoms with Crippen molar-refractivity contribution in [3.05, 3.63) is 11.5 Å². The van der Waals surface area contributed by atoms with Gasteiger partial charge in [0.25, 0.3) is 0 Å². The van der Waals surface area contributed by atoms with Crippen molar-refractivity contribution in [1.82, 2.24) is 4.90 Å². The van der Waals surface area contributed by atoms with Crippen LogP contribution in [-0.2, 0) is 14.3 Å². The first-order valence-corrected chi connectivity index (χ1v) is 4.23. The zero-order valence-electron chi connectivity index (χ0n) is 8.83. The van der Waals surface area contributed by atoms with Crippen LogP contribution in [0.4, 0.5) is 0 Å². The first kappa shape index (κ1) is 12.5. The number of amides is 1. The van der Waals surface area contributed by atoms with E-state index in [0.717, 1.165) is 4.90 Å². The van der Waals surface area contributed by atoms with E-state index >= 15 is 0 Å². The molecule has 0 atom stereocenters. The van der Waals surface area contributed by atoms with E-state index in [2.05, 4.69) is 4.74 Å². The SMILES string of the molecule is CCOC(=O)/C(=C(/C)O)N(C)C(C)=O. The Morgan fingerprint density at radius 2 is 1.86 bits per heavy atom. The average Bonchev–Trinajstić information content (AvgIpc) is 2.03. The van der Waals surface area contributed by atoms with E-state index < -0.39 is 5.97 Å². The lowest BCUT2D eigenvalue weighted by Gasteiger charge is -2.17. The summed E-state index contributed by atoms with van der Waals surface area (Å²) in [7, 11) is 1.40. The standard InChI is InChI=1S/C9H15NO4/c1-5-14-9(13)8(6(2)11)10(4)7(3)12/h11H,5H2,1-4H3/b8-6+. The molecule has 5 nitrogen and oxygen atoms in total. The van der Waals surface area contributed by atoms with Gasteiger partial charge in [0.15, 0.2) is 5.70 Å². The van der Waals surface area contributed by atoms with Crippen molar-refractivity contribution in [1.29, 1.82) is 0 Å². The van der Waals surface area contributed by atoms with Gasteiger partial charge in [-0.05, 0) is 13.8 Å². The third-order valence-corrected chi connectivity index (χ3v) is 1.62. The molecule has 0 heterocycles. The molecule has 0 aliphatic carbocycles. The Balaban J connectivity index is 4.90. The van der Waals surface area contributed by atoms with Gasteiger partial charge in [-0.15, -0.1) is 0 Å². The highest BCUT2D eigenvalue weighted by molar-refractivity contribution is 5.93. The first-order valence-electron chi connectivity index (χ1n) is 4.23. The largest absolute Gasteiger partial charge is 0.510 e. The van der Waals surface area contributed by atoms with Gasteiger partial charge in [0.1, 0.15) is 5.76 Å². The molecule has 0 aromatic heterocycles. The van der Waals surface area contributed by atoms with Crippen LogP contribution in [0.25, 0.3) is 0 Å². The summed E-state index contributed by atoms with van der Waals surface area (Å²) in [6, 6.07) is 0. The molecular weight excluding hydrogens is 186 g/mol. The number of aliphatic hydroxyl groups excluding tert-OH is 1. The van der Waals surface area contributed by atoms with Crippen molar-refractivity contribution < 1.29 is 19.4 Å². The highest BCUT2D eigenvalue weighted by atomic mass is 16.5. The number of esters is 1. The number of carbonyl (C=O) groups is 2. The number of hydrogen-bond donors (Lipinski definition) is 1. The summed E-state index contributed by atoms with van der Waals surface area (Å²) < 4.78 is 4.69. The van der Waals surface area contributed by atoms with Crippen LogP contribution in [0.15, 0.2) is 11.5 Å². The van der Waals surface area contributed by atoms with E-state index in [4.69, 9.17) is 0 Å². The lowest BCUT2D eigenvalue weighted by molar-refractivity contribution is -0.143. The van der Waals surface area contributed by atoms with E-state index in [1.54, 1.807) is 6.92 Å². The predicted molar refractivity (Wildman–Crippen MR) is 50.4 cm³/mol. The number of hydrogen-bond acceptors (Lipinski definition) is 4. The second-order valence-electron chi connectivity index (χ2n) is 2.73. The van der Waals surface area contributed by atoms with Gasteiger partial charge >= 0.3 is 5.97 Å². The Kier molecular flexibility index (Phi) is 4.69. The molecule has 14 heavy (non-hydrogen) atoms. The molecule has 0 spiro atoms. The topological polar surface area (TPSA) is 66.8 Å². The number of rotatable bonds is 3. The lowest BCUT2D eigenvalue weighted by atomic mass is 10.3. The van der Waals surface area contributed by atoms with Crippen LogP contribution >= 0.6 is 0 Å². The van der Waals surface area contributed by atoms with Gasteiger partial charge in [0.05, 0.1) is 6.61 Å². The summed E-state index contributed by atoms with van der Waals surface area (Å²) in [5.41, 5.74) is -0.126. The van der Waals surface area contributed by atoms with Crippen LogP contribution in [0.5, 0.6) is 0 Å². The maximum atomic E-state index is 11.3. The van der Waals surface area contributed by atoms with Crippen molar-refractivity contribution in [3.63, 3.8) is 0 Å². The van der Waals surface area contributed by atoms with E-state index in [1.807, 2.05) is 0 Å². The summed E-state index contributed by atoms with van der Waals surface area (Å²) in [4.78, 5) is 23.3. The molecule has 0 aromatic rings. The molecule has 0 unspecified atom stereocenters. The number of likely N-dealkylation sites (N-methyl/N-ethyl adjacent to an activating group) is 1. The Labute approximate surface area is 83.0 Å². The molecule has 1 N–H and O–H groups in total. The van der Waals surface area contributed by atoms with Crippen LogP contribution in [0.1, 0.15) is 20.8 Å². The minimum absolute atomic E-state index is 0.126. The van der Waals surface area contributed by atoms with E-state index in [1.165, 1.54) is 20.9 Å². The number of carbonyl (C=O) groups excluding carboxylic acids is 2. The van der Waals surface area contributed by atoms with Crippen molar-refractivity contribution in [3.8, 4) is 0 Å². The summed E-state index contributed by atoms with van der Waals surface area (Å²) in [6.45, 7) is 4.46. The van der Waals surface area contributed by atoms with Crippen LogP contribution in [0.2, 0.25) is 0 Å². The van der Waals surface area contributed by atoms with E-state index in [-0.39, 0.29) is 24.0 Å². The van der Waals surface area contributed by atoms with Crippen molar-refractivity contribution in [2.75, 3.05) is 13.7 Å². The fourth-order valence-corrected chi connectivity index (χ4v) is 0.884. The van der Waals surface area contributed by atoms with Gasteiger partial charge in [-0.3, -0.25) is 4.79 Å². The second kappa shape index (κ2) is 5.26. The fraction of sp³-hybridized carbons (Fsp3) is 0.556. The number of ether oxygens (including phenoxy) is 1. The molecule has 0 rings (SSSR count). The molecule has 0 aliphatic heterocycles. The van der Waals surface area contributed by atoms with Gasteiger partial charge in [0.2, 0.25) is 5.91 Å².